The number of carbonyl (C=O) groups is 3. The van der Waals surface area contributed by atoms with Gasteiger partial charge in [-0.15, -0.1) is 0 Å². The summed E-state index contributed by atoms with van der Waals surface area (Å²) in [6, 6.07) is 48.2. The fourth-order valence-electron chi connectivity index (χ4n) is 10.4. The number of fused-ring (bicyclic) bond motifs is 1. The third-order valence-corrected chi connectivity index (χ3v) is 18.4. The summed E-state index contributed by atoms with van der Waals surface area (Å²) in [5.74, 6) is -3.35. The van der Waals surface area contributed by atoms with E-state index >= 15 is 0 Å². The van der Waals surface area contributed by atoms with Crippen LogP contribution in [0.3, 0.4) is 0 Å². The second-order valence-corrected chi connectivity index (χ2v) is 26.8. The number of aromatic hydroxyl groups is 3. The molecule has 0 unspecified atom stereocenters. The van der Waals surface area contributed by atoms with Crippen LogP contribution in [0.25, 0.3) is 44.5 Å². The number of nitrogens with zero attached hydrogens (tertiary/aromatic N) is 3. The third-order valence-electron chi connectivity index (χ3n) is 15.5. The van der Waals surface area contributed by atoms with Crippen LogP contribution in [0.5, 0.6) is 17.2 Å². The molecule has 0 aliphatic carbocycles. The van der Waals surface area contributed by atoms with Crippen molar-refractivity contribution in [3.8, 4) is 51.0 Å². The molecule has 97 heavy (non-hydrogen) atoms. The van der Waals surface area contributed by atoms with Crippen molar-refractivity contribution in [1.29, 1.82) is 0 Å². The van der Waals surface area contributed by atoms with Gasteiger partial charge in [0.1, 0.15) is 0 Å². The van der Waals surface area contributed by atoms with Gasteiger partial charge in [0.15, 0.2) is 17.2 Å². The highest BCUT2D eigenvalue weighted by atomic mass is 35.5. The number of halogens is 6. The van der Waals surface area contributed by atoms with Gasteiger partial charge in [0.05, 0.1) is 70.2 Å². The van der Waals surface area contributed by atoms with Gasteiger partial charge in [-0.1, -0.05) is 166 Å². The van der Waals surface area contributed by atoms with Crippen LogP contribution in [0, 0.1) is 6.92 Å². The first-order valence-corrected chi connectivity index (χ1v) is 34.3. The number of hydrogen-bond acceptors (Lipinski definition) is 11. The minimum absolute atomic E-state index is 0.0378. The zero-order valence-electron chi connectivity index (χ0n) is 53.1. The van der Waals surface area contributed by atoms with Crippen molar-refractivity contribution in [3.05, 3.63) is 264 Å². The maximum atomic E-state index is 12.8. The Hall–Kier alpha value is -9.05. The van der Waals surface area contributed by atoms with Gasteiger partial charge in [-0.2, -0.15) is 0 Å². The van der Waals surface area contributed by atoms with E-state index in [-0.39, 0.29) is 16.7 Å². The van der Waals surface area contributed by atoms with Crippen LogP contribution in [0.2, 0.25) is 30.1 Å². The van der Waals surface area contributed by atoms with E-state index in [2.05, 4.69) is 20.7 Å². The highest BCUT2D eigenvalue weighted by Gasteiger charge is 2.23. The smallest absolute Gasteiger partial charge is 0.293 e. The number of pyridine rings is 3. The Kier molecular flexibility index (Phi) is 25.3. The van der Waals surface area contributed by atoms with Crippen LogP contribution < -0.4 is 37.4 Å². The average molecular weight is 1450 g/mol. The monoisotopic (exact) mass is 1450 g/mol. The predicted molar refractivity (Wildman–Crippen MR) is 388 cm³/mol. The van der Waals surface area contributed by atoms with Crippen LogP contribution >= 0.6 is 69.6 Å². The summed E-state index contributed by atoms with van der Waals surface area (Å²) in [6.45, 7) is 3.02. The number of benzene rings is 7. The fourth-order valence-corrected chi connectivity index (χ4v) is 11.9. The van der Waals surface area contributed by atoms with Gasteiger partial charge in [-0.25, -0.2) is 8.42 Å². The minimum Gasteiger partial charge on any atom is -0.502 e. The molecule has 0 bridgehead atoms. The Morgan fingerprint density at radius 1 is 0.433 bits per heavy atom. The van der Waals surface area contributed by atoms with Gasteiger partial charge in [-0.3, -0.25) is 33.5 Å². The van der Waals surface area contributed by atoms with Crippen molar-refractivity contribution < 1.29 is 38.1 Å². The molecule has 0 spiro atoms. The molecular weight excluding hydrogens is 1380 g/mol. The largest absolute Gasteiger partial charge is 0.502 e. The highest BCUT2D eigenvalue weighted by molar-refractivity contribution is 7.92. The van der Waals surface area contributed by atoms with Gasteiger partial charge in [-0.05, 0) is 157 Å². The number of anilines is 1. The standard InChI is InChI=1S/C26H22Cl2N2O3.C23H23Cl2N3O5S.C23H22Cl2N2O3/c1-30-23(19-10-4-8-17-7-2-3-9-18(17)19)15-20(24(31)26(30)33)25(32)29-13-5-6-16-11-12-21(27)22(28)14-16;1-28-20(15-6-8-16(9-7-15)27-34(2,32)33)13-17(21(29)23(28)31)22(30)26-11-3-4-14-5-10-18(24)19(25)12-14;1-14-5-3-7-16(11-14)20-13-17(21(28)23(30)27(20)2)22(29)26-10-4-6-15-8-9-18(24)19(25)12-15/h2-4,7-12,14-15,31H,5-6,13H2,1H3,(H,29,32);5-10,12-13,27,29H,3-4,11H2,1-2H3,(H,26,30);3,5,7-9,11-13,28H,4,6,10H2,1-2H3,(H,26,29). The van der Waals surface area contributed by atoms with Crippen molar-refractivity contribution in [1.82, 2.24) is 29.7 Å². The number of aryl methyl sites for hydroxylation is 4. The SMILES string of the molecule is Cc1cccc(-c2cc(C(=O)NCCCc3ccc(Cl)c(Cl)c3)c(O)c(=O)n2C)c1.Cn1c(-c2ccc(NS(C)(=O)=O)cc2)cc(C(=O)NCCCc2ccc(Cl)c(Cl)c2)c(O)c1=O.Cn1c(-c2cccc3ccccc23)cc(C(=O)NCCCc2ccc(Cl)c(Cl)c2)c(O)c1=O. The molecule has 0 saturated carbocycles. The quantitative estimate of drug-likeness (QED) is 0.0353. The Balaban J connectivity index is 0.000000186. The topological polar surface area (TPSA) is 260 Å². The molecule has 0 fully saturated rings. The molecule has 0 atom stereocenters. The van der Waals surface area contributed by atoms with Crippen molar-refractivity contribution in [2.75, 3.05) is 30.6 Å². The average Bonchev–Trinajstić information content (AvgIpc) is 0.787. The van der Waals surface area contributed by atoms with E-state index in [1.54, 1.807) is 74.8 Å². The van der Waals surface area contributed by atoms with Crippen molar-refractivity contribution in [2.45, 2.75) is 45.4 Å². The normalized spacial score (nSPS) is 11.0. The second-order valence-electron chi connectivity index (χ2n) is 22.6. The van der Waals surface area contributed by atoms with Gasteiger partial charge in [0.2, 0.25) is 10.0 Å². The number of aromatic nitrogens is 3. The molecule has 10 rings (SSSR count). The summed E-state index contributed by atoms with van der Waals surface area (Å²) in [5, 5.41) is 44.1. The summed E-state index contributed by atoms with van der Waals surface area (Å²) in [6.07, 6.45) is 5.02. The maximum absolute atomic E-state index is 12.8. The number of amides is 3. The van der Waals surface area contributed by atoms with Gasteiger partial charge >= 0.3 is 0 Å². The Morgan fingerprint density at radius 3 is 1.23 bits per heavy atom. The summed E-state index contributed by atoms with van der Waals surface area (Å²) < 4.78 is 29.0. The van der Waals surface area contributed by atoms with Crippen molar-refractivity contribution in [3.63, 3.8) is 0 Å². The molecule has 3 amide bonds. The van der Waals surface area contributed by atoms with Crippen LogP contribution in [0.15, 0.2) is 178 Å². The van der Waals surface area contributed by atoms with Crippen molar-refractivity contribution in [2.24, 2.45) is 21.1 Å². The predicted octanol–water partition coefficient (Wildman–Crippen LogP) is 14.1. The van der Waals surface area contributed by atoms with E-state index < -0.39 is 61.7 Å². The Morgan fingerprint density at radius 2 is 0.814 bits per heavy atom. The van der Waals surface area contributed by atoms with Gasteiger partial charge in [0, 0.05) is 52.0 Å². The number of rotatable bonds is 20. The molecule has 25 heteroatoms. The highest BCUT2D eigenvalue weighted by Crippen LogP contribution is 2.32. The summed E-state index contributed by atoms with van der Waals surface area (Å²) in [4.78, 5) is 75.9. The van der Waals surface area contributed by atoms with E-state index in [1.807, 2.05) is 91.9 Å². The molecule has 7 aromatic carbocycles. The molecule has 10 aromatic rings. The summed E-state index contributed by atoms with van der Waals surface area (Å²) in [7, 11) is 1.19. The molecular formula is C72H67Cl6N7O11S. The molecule has 3 heterocycles. The number of hydrogen-bond donors (Lipinski definition) is 7. The van der Waals surface area contributed by atoms with Crippen LogP contribution in [0.4, 0.5) is 5.69 Å². The lowest BCUT2D eigenvalue weighted by Gasteiger charge is -2.14. The number of carbonyl (C=O) groups excluding carboxylic acids is 3. The summed E-state index contributed by atoms with van der Waals surface area (Å²) in [5.41, 5.74) is 5.83. The molecule has 504 valence electrons. The van der Waals surface area contributed by atoms with Crippen molar-refractivity contribution >= 4 is 114 Å². The lowest BCUT2D eigenvalue weighted by molar-refractivity contribution is 0.0941. The van der Waals surface area contributed by atoms with Crippen LogP contribution in [0.1, 0.15) is 72.6 Å². The third kappa shape index (κ3) is 19.2. The molecule has 0 radical (unpaired) electrons. The summed E-state index contributed by atoms with van der Waals surface area (Å²) >= 11 is 35.8. The molecule has 3 aromatic heterocycles. The molecule has 7 N–H and O–H groups in total. The Labute approximate surface area is 589 Å². The lowest BCUT2D eigenvalue weighted by Crippen LogP contribution is -2.28. The van der Waals surface area contributed by atoms with E-state index in [4.69, 9.17) is 69.6 Å². The molecule has 0 aliphatic heterocycles. The van der Waals surface area contributed by atoms with E-state index in [0.29, 0.717) is 117 Å². The first-order valence-electron chi connectivity index (χ1n) is 30.2. The zero-order chi connectivity index (χ0) is 70.4. The van der Waals surface area contributed by atoms with Gasteiger partial charge < -0.3 is 45.0 Å². The van der Waals surface area contributed by atoms with E-state index in [1.165, 1.54) is 38.9 Å². The van der Waals surface area contributed by atoms with E-state index in [9.17, 15) is 52.5 Å². The lowest BCUT2D eigenvalue weighted by atomic mass is 10.00. The van der Waals surface area contributed by atoms with Crippen LogP contribution in [-0.4, -0.2) is 81.1 Å². The second kappa shape index (κ2) is 33.3. The molecule has 0 saturated heterocycles. The first-order chi connectivity index (χ1) is 46.1. The molecule has 0 aliphatic rings. The van der Waals surface area contributed by atoms with E-state index in [0.717, 1.165) is 50.4 Å². The Bertz CT molecular complexity index is 4920. The van der Waals surface area contributed by atoms with Crippen LogP contribution in [-0.2, 0) is 50.4 Å². The fraction of sp³-hybridized carbons (Fsp3) is 0.194. The maximum Gasteiger partial charge on any atom is 0.293 e. The zero-order valence-corrected chi connectivity index (χ0v) is 58.4. The first kappa shape index (κ1) is 73.8. The molecule has 18 nitrogen and oxygen atoms in total. The number of nitrogens with one attached hydrogen (secondary N) is 4. The number of sulfonamides is 1. The minimum atomic E-state index is -3.43. The van der Waals surface area contributed by atoms with Gasteiger partial charge in [0.25, 0.3) is 34.4 Å².